The fraction of sp³-hybridized carbons (Fsp3) is 1.00. The number of hydrogen-bond acceptors (Lipinski definition) is 9. The van der Waals surface area contributed by atoms with Gasteiger partial charge in [-0.2, -0.15) is 0 Å². The Kier molecular flexibility index (Phi) is 10.5. The van der Waals surface area contributed by atoms with Gasteiger partial charge in [-0.25, -0.2) is 0 Å². The minimum absolute atomic E-state index is 0.152. The Bertz CT molecular complexity index is 351. The molecule has 122 valence electrons. The molecule has 0 aliphatic rings. The summed E-state index contributed by atoms with van der Waals surface area (Å²) in [6, 6.07) is 0. The molecule has 0 rings (SSSR count). The van der Waals surface area contributed by atoms with Crippen molar-refractivity contribution in [3.05, 3.63) is 0 Å². The third-order valence-corrected chi connectivity index (χ3v) is 6.44. The first kappa shape index (κ1) is 20.5. The van der Waals surface area contributed by atoms with Crippen LogP contribution in [0.2, 0.25) is 0 Å². The molecule has 0 heterocycles. The summed E-state index contributed by atoms with van der Waals surface area (Å²) < 4.78 is 63.6. The molecule has 0 saturated heterocycles. The Morgan fingerprint density at radius 3 is 1.45 bits per heavy atom. The van der Waals surface area contributed by atoms with E-state index in [1.165, 1.54) is 14.2 Å². The maximum Gasteiger partial charge on any atom is 0.356 e. The zero-order chi connectivity index (χ0) is 15.6. The first-order valence-electron chi connectivity index (χ1n) is 5.73. The molecule has 0 fully saturated rings. The van der Waals surface area contributed by atoms with Gasteiger partial charge in [-0.15, -0.1) is 0 Å². The van der Waals surface area contributed by atoms with Gasteiger partial charge >= 0.3 is 23.4 Å². The SMILES string of the molecule is CCOP(=O)(CO[PH](=O)OCP(=O)(OC)OCC)OC. The third kappa shape index (κ3) is 8.03. The predicted molar refractivity (Wildman–Crippen MR) is 73.4 cm³/mol. The molecule has 0 aromatic carbocycles. The Hall–Kier alpha value is 0.450. The zero-order valence-electron chi connectivity index (χ0n) is 11.9. The van der Waals surface area contributed by atoms with E-state index in [9.17, 15) is 13.7 Å². The van der Waals surface area contributed by atoms with E-state index < -0.39 is 36.1 Å². The predicted octanol–water partition coefficient (Wildman–Crippen LogP) is 3.08. The summed E-state index contributed by atoms with van der Waals surface area (Å²) in [7, 11) is -7.55. The van der Waals surface area contributed by atoms with Crippen molar-refractivity contribution in [2.24, 2.45) is 0 Å². The summed E-state index contributed by atoms with van der Waals surface area (Å²) in [4.78, 5) is 0. The average molecular weight is 354 g/mol. The highest BCUT2D eigenvalue weighted by molar-refractivity contribution is 7.54. The van der Waals surface area contributed by atoms with E-state index in [0.29, 0.717) is 0 Å². The van der Waals surface area contributed by atoms with E-state index in [0.717, 1.165) is 0 Å². The minimum atomic E-state index is -3.45. The molecule has 9 nitrogen and oxygen atoms in total. The van der Waals surface area contributed by atoms with Crippen molar-refractivity contribution in [3.63, 3.8) is 0 Å². The molecular weight excluding hydrogens is 333 g/mol. The van der Waals surface area contributed by atoms with Gasteiger partial charge in [0.15, 0.2) is 12.7 Å². The smallest absolute Gasteiger partial charge is 0.310 e. The van der Waals surface area contributed by atoms with E-state index in [4.69, 9.17) is 18.1 Å². The van der Waals surface area contributed by atoms with E-state index >= 15 is 0 Å². The summed E-state index contributed by atoms with van der Waals surface area (Å²) in [6.45, 7) is 3.56. The van der Waals surface area contributed by atoms with Crippen LogP contribution in [0.3, 0.4) is 0 Å². The molecule has 0 aromatic rings. The van der Waals surface area contributed by atoms with Gasteiger partial charge < -0.3 is 18.1 Å². The quantitative estimate of drug-likeness (QED) is 0.489. The topological polar surface area (TPSA) is 107 Å². The van der Waals surface area contributed by atoms with Crippen LogP contribution in [-0.4, -0.2) is 40.1 Å². The summed E-state index contributed by atoms with van der Waals surface area (Å²) in [5.41, 5.74) is 0. The highest BCUT2D eigenvalue weighted by Gasteiger charge is 2.27. The summed E-state index contributed by atoms with van der Waals surface area (Å²) in [5.74, 6) is 0. The van der Waals surface area contributed by atoms with Gasteiger partial charge in [0.25, 0.3) is 0 Å². The van der Waals surface area contributed by atoms with Crippen LogP contribution in [0.4, 0.5) is 0 Å². The number of hydrogen-bond donors (Lipinski definition) is 0. The molecule has 0 bridgehead atoms. The Morgan fingerprint density at radius 2 is 1.20 bits per heavy atom. The normalized spacial score (nSPS) is 19.2. The van der Waals surface area contributed by atoms with Gasteiger partial charge in [-0.1, -0.05) is 0 Å². The molecule has 0 saturated carbocycles. The summed E-state index contributed by atoms with van der Waals surface area (Å²) >= 11 is 0. The Labute approximate surface area is 119 Å². The van der Waals surface area contributed by atoms with Gasteiger partial charge in [-0.3, -0.25) is 22.7 Å². The highest BCUT2D eigenvalue weighted by Crippen LogP contribution is 2.52. The van der Waals surface area contributed by atoms with Crippen LogP contribution in [0.1, 0.15) is 13.8 Å². The van der Waals surface area contributed by atoms with Crippen LogP contribution >= 0.6 is 23.4 Å². The minimum Gasteiger partial charge on any atom is -0.310 e. The monoisotopic (exact) mass is 354 g/mol. The van der Waals surface area contributed by atoms with E-state index in [1.54, 1.807) is 13.8 Å². The van der Waals surface area contributed by atoms with Crippen LogP contribution < -0.4 is 0 Å². The first-order valence-corrected chi connectivity index (χ1v) is 10.4. The Balaban J connectivity index is 4.24. The van der Waals surface area contributed by atoms with E-state index in [1.807, 2.05) is 0 Å². The molecule has 0 aliphatic carbocycles. The molecule has 12 heteroatoms. The third-order valence-electron chi connectivity index (χ3n) is 1.89. The van der Waals surface area contributed by atoms with Crippen molar-refractivity contribution in [3.8, 4) is 0 Å². The molecular formula is C8H21O9P3. The fourth-order valence-corrected chi connectivity index (χ4v) is 4.53. The van der Waals surface area contributed by atoms with Gasteiger partial charge in [0.2, 0.25) is 0 Å². The maximum atomic E-state index is 11.8. The van der Waals surface area contributed by atoms with Crippen molar-refractivity contribution in [1.82, 2.24) is 0 Å². The second-order valence-electron chi connectivity index (χ2n) is 3.22. The molecule has 2 unspecified atom stereocenters. The fourth-order valence-electron chi connectivity index (χ4n) is 0.984. The van der Waals surface area contributed by atoms with Crippen LogP contribution in [0.25, 0.3) is 0 Å². The van der Waals surface area contributed by atoms with Gasteiger partial charge in [0.05, 0.1) is 13.2 Å². The van der Waals surface area contributed by atoms with Crippen LogP contribution in [-0.2, 0) is 40.8 Å². The molecule has 20 heavy (non-hydrogen) atoms. The lowest BCUT2D eigenvalue weighted by Gasteiger charge is -2.17. The lowest BCUT2D eigenvalue weighted by molar-refractivity contribution is 0.192. The molecule has 0 amide bonds. The number of rotatable bonds is 12. The lowest BCUT2D eigenvalue weighted by Crippen LogP contribution is -2.01. The van der Waals surface area contributed by atoms with Crippen molar-refractivity contribution >= 4 is 23.4 Å². The van der Waals surface area contributed by atoms with Crippen LogP contribution in [0.5, 0.6) is 0 Å². The van der Waals surface area contributed by atoms with Crippen LogP contribution in [0.15, 0.2) is 0 Å². The summed E-state index contributed by atoms with van der Waals surface area (Å²) in [6.07, 6.45) is -1.05. The van der Waals surface area contributed by atoms with Crippen LogP contribution in [0, 0.1) is 0 Å². The van der Waals surface area contributed by atoms with Crippen molar-refractivity contribution in [2.45, 2.75) is 13.8 Å². The molecule has 0 radical (unpaired) electrons. The standard InChI is InChI=1S/C8H21O9P3/c1-5-16-19(10,12-3)7-14-18(9)15-8-20(11,13-4)17-6-2/h18H,5-8H2,1-4H3. The van der Waals surface area contributed by atoms with Crippen molar-refractivity contribution in [2.75, 3.05) is 40.1 Å². The van der Waals surface area contributed by atoms with Crippen molar-refractivity contribution < 1.29 is 40.8 Å². The van der Waals surface area contributed by atoms with Gasteiger partial charge in [0, 0.05) is 14.2 Å². The maximum absolute atomic E-state index is 11.8. The molecule has 0 aliphatic heterocycles. The molecule has 2 atom stereocenters. The van der Waals surface area contributed by atoms with Gasteiger partial charge in [-0.05, 0) is 13.8 Å². The largest absolute Gasteiger partial charge is 0.356 e. The van der Waals surface area contributed by atoms with Gasteiger partial charge in [0.1, 0.15) is 0 Å². The molecule has 0 spiro atoms. The molecule has 0 N–H and O–H groups in total. The van der Waals surface area contributed by atoms with E-state index in [-0.39, 0.29) is 13.2 Å². The van der Waals surface area contributed by atoms with E-state index in [2.05, 4.69) is 9.05 Å². The second kappa shape index (κ2) is 10.2. The highest BCUT2D eigenvalue weighted by atomic mass is 31.2. The second-order valence-corrected chi connectivity index (χ2v) is 8.50. The Morgan fingerprint density at radius 1 is 0.850 bits per heavy atom. The summed E-state index contributed by atoms with van der Waals surface area (Å²) in [5, 5.41) is 0. The molecule has 0 aromatic heterocycles. The zero-order valence-corrected chi connectivity index (χ0v) is 14.7. The lowest BCUT2D eigenvalue weighted by atomic mass is 10.9. The average Bonchev–Trinajstić information content (AvgIpc) is 2.43. The first-order chi connectivity index (χ1) is 9.34. The van der Waals surface area contributed by atoms with Crippen molar-refractivity contribution in [1.29, 1.82) is 0 Å².